The first-order valence-electron chi connectivity index (χ1n) is 11.5. The quantitative estimate of drug-likeness (QED) is 0.443. The van der Waals surface area contributed by atoms with Crippen LogP contribution in [0, 0.1) is 0 Å². The van der Waals surface area contributed by atoms with E-state index in [0.717, 1.165) is 64.6 Å². The maximum Gasteiger partial charge on any atom is 0.251 e. The van der Waals surface area contributed by atoms with Crippen LogP contribution in [0.3, 0.4) is 0 Å². The molecule has 4 aromatic rings. The predicted molar refractivity (Wildman–Crippen MR) is 136 cm³/mol. The Balaban J connectivity index is 1.12. The third kappa shape index (κ3) is 4.79. The zero-order valence-electron chi connectivity index (χ0n) is 18.8. The molecule has 0 saturated carbocycles. The second-order valence-electron chi connectivity index (χ2n) is 8.18. The Morgan fingerprint density at radius 2 is 1.85 bits per heavy atom. The SMILES string of the molecule is CCOc1cccc2sc(N3CCN(CCNC(=O)c4ccc5ccccc5c4)CC3)nc12. The first-order chi connectivity index (χ1) is 16.2. The average Bonchev–Trinajstić information content (AvgIpc) is 3.30. The fourth-order valence-corrected chi connectivity index (χ4v) is 5.28. The molecule has 1 fully saturated rings. The van der Waals surface area contributed by atoms with Gasteiger partial charge in [0.05, 0.1) is 11.3 Å². The van der Waals surface area contributed by atoms with Gasteiger partial charge in [-0.3, -0.25) is 9.69 Å². The van der Waals surface area contributed by atoms with Crippen LogP contribution in [0.5, 0.6) is 5.75 Å². The summed E-state index contributed by atoms with van der Waals surface area (Å²) in [5.74, 6) is 0.845. The van der Waals surface area contributed by atoms with Crippen LogP contribution in [0.15, 0.2) is 60.7 Å². The first-order valence-corrected chi connectivity index (χ1v) is 12.3. The lowest BCUT2D eigenvalue weighted by Crippen LogP contribution is -2.48. The average molecular weight is 461 g/mol. The van der Waals surface area contributed by atoms with E-state index in [4.69, 9.17) is 9.72 Å². The van der Waals surface area contributed by atoms with Gasteiger partial charge in [-0.15, -0.1) is 0 Å². The topological polar surface area (TPSA) is 57.7 Å². The van der Waals surface area contributed by atoms with Crippen LogP contribution in [0.2, 0.25) is 0 Å². The molecule has 0 aliphatic carbocycles. The van der Waals surface area contributed by atoms with Gasteiger partial charge < -0.3 is 15.0 Å². The number of piperazine rings is 1. The van der Waals surface area contributed by atoms with Crippen molar-refractivity contribution < 1.29 is 9.53 Å². The van der Waals surface area contributed by atoms with E-state index in [9.17, 15) is 4.79 Å². The highest BCUT2D eigenvalue weighted by molar-refractivity contribution is 7.22. The third-order valence-electron chi connectivity index (χ3n) is 6.04. The molecule has 1 N–H and O–H groups in total. The number of hydrogen-bond acceptors (Lipinski definition) is 6. The molecule has 1 aliphatic heterocycles. The normalized spacial score (nSPS) is 14.6. The van der Waals surface area contributed by atoms with Crippen LogP contribution in [0.25, 0.3) is 21.0 Å². The Morgan fingerprint density at radius 1 is 1.03 bits per heavy atom. The van der Waals surface area contributed by atoms with Gasteiger partial charge in [0, 0.05) is 44.8 Å². The number of amides is 1. The van der Waals surface area contributed by atoms with Crippen molar-refractivity contribution in [1.82, 2.24) is 15.2 Å². The molecule has 0 bridgehead atoms. The monoisotopic (exact) mass is 460 g/mol. The van der Waals surface area contributed by atoms with Crippen LogP contribution in [0.4, 0.5) is 5.13 Å². The van der Waals surface area contributed by atoms with E-state index >= 15 is 0 Å². The standard InChI is InChI=1S/C26H28N4O2S/c1-2-32-22-8-5-9-23-24(22)28-26(33-23)30-16-14-29(15-17-30)13-12-27-25(31)21-11-10-19-6-3-4-7-20(19)18-21/h3-11,18H,2,12-17H2,1H3,(H,27,31). The van der Waals surface area contributed by atoms with Crippen molar-refractivity contribution in [1.29, 1.82) is 0 Å². The Bertz CT molecular complexity index is 1260. The van der Waals surface area contributed by atoms with Gasteiger partial charge in [-0.1, -0.05) is 47.7 Å². The van der Waals surface area contributed by atoms with Gasteiger partial charge in [-0.2, -0.15) is 0 Å². The minimum absolute atomic E-state index is 0.0148. The molecule has 1 aliphatic rings. The first kappa shape index (κ1) is 21.7. The van der Waals surface area contributed by atoms with Gasteiger partial charge in [-0.25, -0.2) is 4.98 Å². The molecule has 0 atom stereocenters. The Hall–Kier alpha value is -3.16. The lowest BCUT2D eigenvalue weighted by molar-refractivity contribution is 0.0948. The van der Waals surface area contributed by atoms with Gasteiger partial charge in [0.1, 0.15) is 11.3 Å². The van der Waals surface area contributed by atoms with E-state index in [1.807, 2.05) is 55.5 Å². The van der Waals surface area contributed by atoms with Gasteiger partial charge >= 0.3 is 0 Å². The minimum Gasteiger partial charge on any atom is -0.492 e. The van der Waals surface area contributed by atoms with E-state index in [2.05, 4.69) is 27.2 Å². The van der Waals surface area contributed by atoms with Gasteiger partial charge in [0.25, 0.3) is 5.91 Å². The number of benzene rings is 3. The van der Waals surface area contributed by atoms with Crippen LogP contribution in [-0.2, 0) is 0 Å². The molecule has 1 aromatic heterocycles. The summed E-state index contributed by atoms with van der Waals surface area (Å²) in [7, 11) is 0. The largest absolute Gasteiger partial charge is 0.492 e. The molecular formula is C26H28N4O2S. The highest BCUT2D eigenvalue weighted by Gasteiger charge is 2.20. The molecule has 7 heteroatoms. The number of fused-ring (bicyclic) bond motifs is 2. The zero-order valence-corrected chi connectivity index (χ0v) is 19.6. The molecule has 6 nitrogen and oxygen atoms in total. The van der Waals surface area contributed by atoms with Crippen molar-refractivity contribution >= 4 is 43.4 Å². The number of thiazole rings is 1. The zero-order chi connectivity index (χ0) is 22.6. The van der Waals surface area contributed by atoms with Crippen LogP contribution >= 0.6 is 11.3 Å². The van der Waals surface area contributed by atoms with Gasteiger partial charge in [0.15, 0.2) is 5.13 Å². The number of ether oxygens (including phenoxy) is 1. The lowest BCUT2D eigenvalue weighted by Gasteiger charge is -2.34. The summed E-state index contributed by atoms with van der Waals surface area (Å²) < 4.78 is 6.90. The summed E-state index contributed by atoms with van der Waals surface area (Å²) in [5, 5.41) is 6.36. The number of rotatable bonds is 7. The van der Waals surface area contributed by atoms with Crippen LogP contribution < -0.4 is 15.0 Å². The van der Waals surface area contributed by atoms with Gasteiger partial charge in [0.2, 0.25) is 0 Å². The fourth-order valence-electron chi connectivity index (χ4n) is 4.24. The molecule has 170 valence electrons. The predicted octanol–water partition coefficient (Wildman–Crippen LogP) is 4.40. The number of carbonyl (C=O) groups excluding carboxylic acids is 1. The molecule has 5 rings (SSSR count). The highest BCUT2D eigenvalue weighted by atomic mass is 32.1. The molecule has 1 saturated heterocycles. The van der Waals surface area contributed by atoms with Gasteiger partial charge in [-0.05, 0) is 42.0 Å². The number of anilines is 1. The van der Waals surface area contributed by atoms with E-state index in [-0.39, 0.29) is 5.91 Å². The van der Waals surface area contributed by atoms with Crippen molar-refractivity contribution in [2.75, 3.05) is 50.8 Å². The Labute approximate surface area is 197 Å². The van der Waals surface area contributed by atoms with Crippen molar-refractivity contribution in [3.8, 4) is 5.75 Å². The molecule has 0 unspecified atom stereocenters. The minimum atomic E-state index is -0.0148. The molecule has 33 heavy (non-hydrogen) atoms. The lowest BCUT2D eigenvalue weighted by atomic mass is 10.1. The van der Waals surface area contributed by atoms with Crippen molar-refractivity contribution in [3.63, 3.8) is 0 Å². The maximum atomic E-state index is 12.6. The summed E-state index contributed by atoms with van der Waals surface area (Å²) >= 11 is 1.72. The smallest absolute Gasteiger partial charge is 0.251 e. The second-order valence-corrected chi connectivity index (χ2v) is 9.19. The summed E-state index contributed by atoms with van der Waals surface area (Å²) in [4.78, 5) is 22.2. The highest BCUT2D eigenvalue weighted by Crippen LogP contribution is 2.34. The van der Waals surface area contributed by atoms with Crippen LogP contribution in [0.1, 0.15) is 17.3 Å². The third-order valence-corrected chi connectivity index (χ3v) is 7.12. The Morgan fingerprint density at radius 3 is 2.67 bits per heavy atom. The second kappa shape index (κ2) is 9.77. The molecule has 2 heterocycles. The van der Waals surface area contributed by atoms with E-state index < -0.39 is 0 Å². The van der Waals surface area contributed by atoms with Crippen molar-refractivity contribution in [2.24, 2.45) is 0 Å². The number of nitrogens with zero attached hydrogens (tertiary/aromatic N) is 3. The number of para-hydroxylation sites is 1. The molecular weight excluding hydrogens is 432 g/mol. The van der Waals surface area contributed by atoms with E-state index in [1.54, 1.807) is 11.3 Å². The number of carbonyl (C=O) groups is 1. The Kier molecular flexibility index (Phi) is 6.41. The molecule has 0 radical (unpaired) electrons. The maximum absolute atomic E-state index is 12.6. The van der Waals surface area contributed by atoms with E-state index in [1.165, 1.54) is 0 Å². The molecule has 0 spiro atoms. The van der Waals surface area contributed by atoms with Crippen molar-refractivity contribution in [3.05, 3.63) is 66.2 Å². The molecule has 1 amide bonds. The number of nitrogens with one attached hydrogen (secondary N) is 1. The summed E-state index contributed by atoms with van der Waals surface area (Å²) in [6.07, 6.45) is 0. The molecule has 3 aromatic carbocycles. The summed E-state index contributed by atoms with van der Waals surface area (Å²) in [5.41, 5.74) is 1.67. The fraction of sp³-hybridized carbons (Fsp3) is 0.308. The van der Waals surface area contributed by atoms with Crippen LogP contribution in [-0.4, -0.2) is 61.7 Å². The summed E-state index contributed by atoms with van der Waals surface area (Å²) in [6, 6.07) is 20.1. The van der Waals surface area contributed by atoms with Crippen molar-refractivity contribution in [2.45, 2.75) is 6.92 Å². The van der Waals surface area contributed by atoms with E-state index in [0.29, 0.717) is 18.7 Å². The number of aromatic nitrogens is 1. The summed E-state index contributed by atoms with van der Waals surface area (Å²) in [6.45, 7) is 7.91. The number of hydrogen-bond donors (Lipinski definition) is 1.